The molecule has 0 spiro atoms. The summed E-state index contributed by atoms with van der Waals surface area (Å²) in [5.41, 5.74) is 8.05. The topological polar surface area (TPSA) is 81.1 Å². The van der Waals surface area contributed by atoms with Crippen molar-refractivity contribution in [3.8, 4) is 0 Å². The lowest BCUT2D eigenvalue weighted by Gasteiger charge is -2.22. The minimum Gasteiger partial charge on any atom is -0.380 e. The standard InChI is InChI=1S/C19H32N6/c1-3-5-14(6-4-2)12-17-23-18(20)19-22-13-16(25(19)24-17)11-15-7-9-21-10-8-15/h13-15,21H,3-12H2,1-2H3,(H2,20,23,24). The van der Waals surface area contributed by atoms with E-state index in [0.717, 1.165) is 31.8 Å². The Labute approximate surface area is 150 Å². The molecule has 3 N–H and O–H groups in total. The van der Waals surface area contributed by atoms with Gasteiger partial charge in [0.05, 0.1) is 11.9 Å². The van der Waals surface area contributed by atoms with E-state index in [-0.39, 0.29) is 0 Å². The van der Waals surface area contributed by atoms with Gasteiger partial charge < -0.3 is 11.1 Å². The Balaban J connectivity index is 1.81. The molecule has 0 atom stereocenters. The van der Waals surface area contributed by atoms with Gasteiger partial charge in [0.15, 0.2) is 17.3 Å². The molecule has 0 unspecified atom stereocenters. The molecule has 0 bridgehead atoms. The van der Waals surface area contributed by atoms with Crippen LogP contribution in [0.25, 0.3) is 5.65 Å². The minimum atomic E-state index is 0.508. The van der Waals surface area contributed by atoms with Gasteiger partial charge in [-0.1, -0.05) is 39.5 Å². The van der Waals surface area contributed by atoms with Crippen LogP contribution < -0.4 is 11.1 Å². The van der Waals surface area contributed by atoms with Gasteiger partial charge >= 0.3 is 0 Å². The molecule has 1 saturated heterocycles. The van der Waals surface area contributed by atoms with Crippen LogP contribution in [0.3, 0.4) is 0 Å². The third-order valence-corrected chi connectivity index (χ3v) is 5.32. The summed E-state index contributed by atoms with van der Waals surface area (Å²) >= 11 is 0. The molecule has 0 saturated carbocycles. The Morgan fingerprint density at radius 2 is 1.96 bits per heavy atom. The molecule has 0 aromatic carbocycles. The minimum absolute atomic E-state index is 0.508. The fourth-order valence-corrected chi connectivity index (χ4v) is 4.02. The number of nitrogen functional groups attached to an aromatic ring is 1. The van der Waals surface area contributed by atoms with Gasteiger partial charge in [0.1, 0.15) is 0 Å². The summed E-state index contributed by atoms with van der Waals surface area (Å²) < 4.78 is 1.95. The maximum absolute atomic E-state index is 6.18. The predicted molar refractivity (Wildman–Crippen MR) is 102 cm³/mol. The van der Waals surface area contributed by atoms with Gasteiger partial charge in [0, 0.05) is 6.42 Å². The molecule has 3 heterocycles. The molecular weight excluding hydrogens is 312 g/mol. The first kappa shape index (κ1) is 18.1. The van der Waals surface area contributed by atoms with Gasteiger partial charge in [-0.05, 0) is 44.2 Å². The van der Waals surface area contributed by atoms with E-state index in [1.807, 2.05) is 10.7 Å². The normalized spacial score (nSPS) is 16.1. The number of anilines is 1. The Morgan fingerprint density at radius 3 is 2.64 bits per heavy atom. The van der Waals surface area contributed by atoms with Crippen LogP contribution in [-0.2, 0) is 12.8 Å². The van der Waals surface area contributed by atoms with Crippen molar-refractivity contribution in [3.05, 3.63) is 17.7 Å². The summed E-state index contributed by atoms with van der Waals surface area (Å²) in [6.07, 6.45) is 11.1. The highest BCUT2D eigenvalue weighted by Gasteiger charge is 2.19. The van der Waals surface area contributed by atoms with Crippen molar-refractivity contribution in [2.75, 3.05) is 18.8 Å². The molecule has 0 aliphatic carbocycles. The van der Waals surface area contributed by atoms with Gasteiger partial charge in [0.25, 0.3) is 0 Å². The summed E-state index contributed by atoms with van der Waals surface area (Å²) in [6, 6.07) is 0. The number of nitrogens with one attached hydrogen (secondary N) is 1. The van der Waals surface area contributed by atoms with Gasteiger partial charge in [0.2, 0.25) is 0 Å². The second-order valence-electron chi connectivity index (χ2n) is 7.44. The zero-order chi connectivity index (χ0) is 17.6. The Bertz CT molecular complexity index is 668. The number of imidazole rings is 1. The zero-order valence-corrected chi connectivity index (χ0v) is 15.7. The van der Waals surface area contributed by atoms with Gasteiger partial charge in [-0.15, -0.1) is 0 Å². The van der Waals surface area contributed by atoms with E-state index in [2.05, 4.69) is 29.1 Å². The summed E-state index contributed by atoms with van der Waals surface area (Å²) in [7, 11) is 0. The lowest BCUT2D eigenvalue weighted by Crippen LogP contribution is -2.29. The quantitative estimate of drug-likeness (QED) is 0.769. The van der Waals surface area contributed by atoms with Crippen molar-refractivity contribution in [1.82, 2.24) is 24.9 Å². The number of nitrogens with two attached hydrogens (primary N) is 1. The van der Waals surface area contributed by atoms with Crippen LogP contribution in [0.5, 0.6) is 0 Å². The van der Waals surface area contributed by atoms with Crippen LogP contribution in [0.1, 0.15) is 63.9 Å². The predicted octanol–water partition coefficient (Wildman–Crippen LogP) is 3.01. The van der Waals surface area contributed by atoms with Gasteiger partial charge in [-0.25, -0.2) is 14.5 Å². The van der Waals surface area contributed by atoms with Crippen LogP contribution in [0.4, 0.5) is 5.82 Å². The molecule has 0 amide bonds. The number of hydrogen-bond donors (Lipinski definition) is 2. The molecule has 2 aromatic heterocycles. The van der Waals surface area contributed by atoms with Gasteiger partial charge in [-0.3, -0.25) is 0 Å². The van der Waals surface area contributed by atoms with Crippen LogP contribution in [0.15, 0.2) is 6.20 Å². The lowest BCUT2D eigenvalue weighted by atomic mass is 9.93. The molecule has 0 radical (unpaired) electrons. The number of fused-ring (bicyclic) bond motifs is 1. The molecule has 6 heteroatoms. The number of rotatable bonds is 8. The molecule has 1 aliphatic heterocycles. The van der Waals surface area contributed by atoms with Gasteiger partial charge in [-0.2, -0.15) is 5.10 Å². The van der Waals surface area contributed by atoms with Crippen molar-refractivity contribution in [3.63, 3.8) is 0 Å². The smallest absolute Gasteiger partial charge is 0.196 e. The summed E-state index contributed by atoms with van der Waals surface area (Å²) in [6.45, 7) is 6.71. The average Bonchev–Trinajstić information content (AvgIpc) is 3.00. The van der Waals surface area contributed by atoms with Crippen molar-refractivity contribution in [2.45, 2.75) is 65.2 Å². The lowest BCUT2D eigenvalue weighted by molar-refractivity contribution is 0.368. The van der Waals surface area contributed by atoms with Crippen molar-refractivity contribution >= 4 is 11.5 Å². The highest BCUT2D eigenvalue weighted by Crippen LogP contribution is 2.22. The molecule has 1 aliphatic rings. The monoisotopic (exact) mass is 344 g/mol. The van der Waals surface area contributed by atoms with E-state index in [0.29, 0.717) is 23.3 Å². The van der Waals surface area contributed by atoms with Crippen LogP contribution in [0.2, 0.25) is 0 Å². The number of piperidine rings is 1. The largest absolute Gasteiger partial charge is 0.380 e. The summed E-state index contributed by atoms with van der Waals surface area (Å²) in [5, 5.41) is 8.24. The third-order valence-electron chi connectivity index (χ3n) is 5.32. The van der Waals surface area contributed by atoms with E-state index in [1.165, 1.54) is 44.2 Å². The highest BCUT2D eigenvalue weighted by molar-refractivity contribution is 5.59. The molecule has 2 aromatic rings. The first-order chi connectivity index (χ1) is 12.2. The number of aromatic nitrogens is 4. The van der Waals surface area contributed by atoms with Crippen LogP contribution in [0, 0.1) is 11.8 Å². The summed E-state index contributed by atoms with van der Waals surface area (Å²) in [4.78, 5) is 9.01. The molecule has 6 nitrogen and oxygen atoms in total. The Hall–Kier alpha value is -1.69. The van der Waals surface area contributed by atoms with Crippen molar-refractivity contribution < 1.29 is 0 Å². The maximum Gasteiger partial charge on any atom is 0.196 e. The first-order valence-electron chi connectivity index (χ1n) is 9.91. The molecular formula is C19H32N6. The SMILES string of the molecule is CCCC(CCC)Cc1nc(N)c2ncc(CC3CCNCC3)n2n1. The fourth-order valence-electron chi connectivity index (χ4n) is 4.02. The highest BCUT2D eigenvalue weighted by atomic mass is 15.3. The number of nitrogens with zero attached hydrogens (tertiary/aromatic N) is 4. The van der Waals surface area contributed by atoms with Crippen molar-refractivity contribution in [1.29, 1.82) is 0 Å². The van der Waals surface area contributed by atoms with Crippen LogP contribution in [-0.4, -0.2) is 32.7 Å². The molecule has 25 heavy (non-hydrogen) atoms. The fraction of sp³-hybridized carbons (Fsp3) is 0.737. The zero-order valence-electron chi connectivity index (χ0n) is 15.7. The molecule has 138 valence electrons. The third kappa shape index (κ3) is 4.48. The maximum atomic E-state index is 6.18. The van der Waals surface area contributed by atoms with E-state index < -0.39 is 0 Å². The second-order valence-corrected chi connectivity index (χ2v) is 7.44. The molecule has 3 rings (SSSR count). The van der Waals surface area contributed by atoms with E-state index in [9.17, 15) is 0 Å². The molecule has 1 fully saturated rings. The second kappa shape index (κ2) is 8.61. The van der Waals surface area contributed by atoms with Crippen LogP contribution >= 0.6 is 0 Å². The summed E-state index contributed by atoms with van der Waals surface area (Å²) in [5.74, 6) is 2.71. The van der Waals surface area contributed by atoms with Crippen molar-refractivity contribution in [2.24, 2.45) is 11.8 Å². The first-order valence-corrected chi connectivity index (χ1v) is 9.91. The van der Waals surface area contributed by atoms with E-state index in [1.54, 1.807) is 0 Å². The van der Waals surface area contributed by atoms with E-state index >= 15 is 0 Å². The van der Waals surface area contributed by atoms with E-state index in [4.69, 9.17) is 10.8 Å². The average molecular weight is 345 g/mol. The Morgan fingerprint density at radius 1 is 1.24 bits per heavy atom. The number of hydrogen-bond acceptors (Lipinski definition) is 5. The Kier molecular flexibility index (Phi) is 6.24.